The van der Waals surface area contributed by atoms with Crippen molar-refractivity contribution in [3.63, 3.8) is 0 Å². The monoisotopic (exact) mass is 384 g/mol. The zero-order valence-electron chi connectivity index (χ0n) is 12.7. The fourth-order valence-electron chi connectivity index (χ4n) is 2.19. The molecule has 1 aromatic heterocycles. The molecule has 3 atom stereocenters. The van der Waals surface area contributed by atoms with Crippen LogP contribution in [0.2, 0.25) is 0 Å². The van der Waals surface area contributed by atoms with E-state index in [1.807, 2.05) is 4.98 Å². The van der Waals surface area contributed by atoms with Gasteiger partial charge in [-0.2, -0.15) is 16.8 Å². The Morgan fingerprint density at radius 2 is 1.92 bits per heavy atom. The first kappa shape index (κ1) is 18.8. The predicted molar refractivity (Wildman–Crippen MR) is 80.4 cm³/mol. The molecule has 1 fully saturated rings. The third-order valence-corrected chi connectivity index (χ3v) is 4.25. The third-order valence-electron chi connectivity index (χ3n) is 3.09. The average Bonchev–Trinajstić information content (AvgIpc) is 2.76. The summed E-state index contributed by atoms with van der Waals surface area (Å²) < 4.78 is 60.9. The van der Waals surface area contributed by atoms with Gasteiger partial charge in [-0.1, -0.05) is 0 Å². The van der Waals surface area contributed by atoms with Crippen LogP contribution in [-0.2, 0) is 33.3 Å². The molecular formula is C11H16N2O9S2. The minimum absolute atomic E-state index is 0.0587. The van der Waals surface area contributed by atoms with Gasteiger partial charge >= 0.3 is 5.69 Å². The number of aromatic amines is 1. The highest BCUT2D eigenvalue weighted by Gasteiger charge is 2.40. The maximum Gasteiger partial charge on any atom is 0.330 e. The summed E-state index contributed by atoms with van der Waals surface area (Å²) in [5.74, 6) is 0. The number of hydrogen-bond acceptors (Lipinski definition) is 9. The normalized spacial score (nSPS) is 25.0. The second kappa shape index (κ2) is 6.76. The summed E-state index contributed by atoms with van der Waals surface area (Å²) in [6.45, 7) is -0.479. The largest absolute Gasteiger partial charge is 0.349 e. The molecule has 0 aromatic carbocycles. The van der Waals surface area contributed by atoms with Gasteiger partial charge in [0.15, 0.2) is 0 Å². The zero-order chi connectivity index (χ0) is 18.1. The van der Waals surface area contributed by atoms with E-state index < -0.39 is 56.5 Å². The summed E-state index contributed by atoms with van der Waals surface area (Å²) in [5, 5.41) is 0. The van der Waals surface area contributed by atoms with E-state index in [1.165, 1.54) is 6.20 Å². The first-order valence-electron chi connectivity index (χ1n) is 6.64. The molecule has 13 heteroatoms. The molecule has 1 N–H and O–H groups in total. The second-order valence-corrected chi connectivity index (χ2v) is 8.45. The van der Waals surface area contributed by atoms with Gasteiger partial charge in [0.25, 0.3) is 25.8 Å². The first-order chi connectivity index (χ1) is 10.9. The van der Waals surface area contributed by atoms with Gasteiger partial charge in [-0.05, 0) is 0 Å². The van der Waals surface area contributed by atoms with Crippen molar-refractivity contribution in [3.05, 3.63) is 33.1 Å². The van der Waals surface area contributed by atoms with Gasteiger partial charge in [0.2, 0.25) is 0 Å². The van der Waals surface area contributed by atoms with Gasteiger partial charge in [-0.15, -0.1) is 0 Å². The Morgan fingerprint density at radius 1 is 1.25 bits per heavy atom. The minimum atomic E-state index is -3.85. The van der Waals surface area contributed by atoms with Crippen molar-refractivity contribution in [2.75, 3.05) is 19.1 Å². The highest BCUT2D eigenvalue weighted by molar-refractivity contribution is 7.86. The molecule has 0 radical (unpaired) electrons. The van der Waals surface area contributed by atoms with E-state index in [2.05, 4.69) is 4.18 Å². The van der Waals surface area contributed by atoms with Crippen LogP contribution in [0.4, 0.5) is 0 Å². The predicted octanol–water partition coefficient (Wildman–Crippen LogP) is -1.85. The lowest BCUT2D eigenvalue weighted by Gasteiger charge is -2.17. The molecular weight excluding hydrogens is 368 g/mol. The summed E-state index contributed by atoms with van der Waals surface area (Å²) >= 11 is 0. The number of hydrogen-bond donors (Lipinski definition) is 1. The SMILES string of the molecule is CS(=O)(=O)OC[C@@H]1O[C@H](n2ccc(=O)[nH]c2=O)C[C@H]1OS(C)(=O)=O. The second-order valence-electron chi connectivity index (χ2n) is 5.21. The van der Waals surface area contributed by atoms with Gasteiger partial charge in [0.05, 0.1) is 19.1 Å². The fourth-order valence-corrected chi connectivity index (χ4v) is 3.22. The Balaban J connectivity index is 2.24. The lowest BCUT2D eigenvalue weighted by Crippen LogP contribution is -2.32. The van der Waals surface area contributed by atoms with Crippen molar-refractivity contribution in [3.8, 4) is 0 Å². The van der Waals surface area contributed by atoms with Crippen molar-refractivity contribution in [2.45, 2.75) is 24.9 Å². The molecule has 0 bridgehead atoms. The maximum absolute atomic E-state index is 11.8. The molecule has 1 aliphatic heterocycles. The smallest absolute Gasteiger partial charge is 0.330 e. The minimum Gasteiger partial charge on any atom is -0.349 e. The molecule has 0 amide bonds. The van der Waals surface area contributed by atoms with E-state index >= 15 is 0 Å². The number of nitrogens with zero attached hydrogens (tertiary/aromatic N) is 1. The van der Waals surface area contributed by atoms with Crippen LogP contribution < -0.4 is 11.2 Å². The molecule has 2 heterocycles. The standard InChI is InChI=1S/C11H16N2O9S2/c1-23(16,17)20-6-8-7(22-24(2,18)19)5-10(21-8)13-4-3-9(14)12-11(13)15/h3-4,7-8,10H,5-6H2,1-2H3,(H,12,14,15)/t7-,8+,10+/m1/s1. The van der Waals surface area contributed by atoms with Crippen molar-refractivity contribution in [1.29, 1.82) is 0 Å². The lowest BCUT2D eigenvalue weighted by atomic mass is 10.2. The Labute approximate surface area is 137 Å². The van der Waals surface area contributed by atoms with Crippen molar-refractivity contribution in [2.24, 2.45) is 0 Å². The van der Waals surface area contributed by atoms with E-state index in [1.54, 1.807) is 0 Å². The molecule has 136 valence electrons. The van der Waals surface area contributed by atoms with Crippen LogP contribution in [0, 0.1) is 0 Å². The van der Waals surface area contributed by atoms with Crippen LogP contribution in [0.5, 0.6) is 0 Å². The van der Waals surface area contributed by atoms with Gasteiger partial charge in [0, 0.05) is 18.7 Å². The number of rotatable bonds is 6. The molecule has 24 heavy (non-hydrogen) atoms. The molecule has 1 aromatic rings. The van der Waals surface area contributed by atoms with Gasteiger partial charge in [0.1, 0.15) is 18.4 Å². The first-order valence-corrected chi connectivity index (χ1v) is 10.3. The van der Waals surface area contributed by atoms with Crippen molar-refractivity contribution < 1.29 is 29.9 Å². The summed E-state index contributed by atoms with van der Waals surface area (Å²) in [6, 6.07) is 1.09. The maximum atomic E-state index is 11.8. The molecule has 0 saturated carbocycles. The van der Waals surface area contributed by atoms with Crippen molar-refractivity contribution in [1.82, 2.24) is 9.55 Å². The van der Waals surface area contributed by atoms with Crippen LogP contribution >= 0.6 is 0 Å². The van der Waals surface area contributed by atoms with E-state index in [-0.39, 0.29) is 6.42 Å². The van der Waals surface area contributed by atoms with E-state index in [0.717, 1.165) is 23.1 Å². The number of nitrogens with one attached hydrogen (secondary N) is 1. The van der Waals surface area contributed by atoms with E-state index in [9.17, 15) is 26.4 Å². The zero-order valence-corrected chi connectivity index (χ0v) is 14.4. The van der Waals surface area contributed by atoms with Crippen LogP contribution in [0.25, 0.3) is 0 Å². The highest BCUT2D eigenvalue weighted by Crippen LogP contribution is 2.31. The molecule has 0 aliphatic carbocycles. The molecule has 1 saturated heterocycles. The summed E-state index contributed by atoms with van der Waals surface area (Å²) in [5.41, 5.74) is -1.36. The number of aromatic nitrogens is 2. The van der Waals surface area contributed by atoms with Crippen molar-refractivity contribution >= 4 is 20.2 Å². The average molecular weight is 384 g/mol. The fraction of sp³-hybridized carbons (Fsp3) is 0.636. The molecule has 11 nitrogen and oxygen atoms in total. The Bertz CT molecular complexity index is 915. The topological polar surface area (TPSA) is 151 Å². The molecule has 0 spiro atoms. The third kappa shape index (κ3) is 5.24. The Kier molecular flexibility index (Phi) is 5.29. The molecule has 2 rings (SSSR count). The van der Waals surface area contributed by atoms with Crippen LogP contribution in [0.1, 0.15) is 12.6 Å². The van der Waals surface area contributed by atoms with Gasteiger partial charge < -0.3 is 4.74 Å². The lowest BCUT2D eigenvalue weighted by molar-refractivity contribution is -0.0352. The number of H-pyrrole nitrogens is 1. The van der Waals surface area contributed by atoms with Crippen LogP contribution in [0.3, 0.4) is 0 Å². The van der Waals surface area contributed by atoms with Crippen LogP contribution in [0.15, 0.2) is 21.9 Å². The van der Waals surface area contributed by atoms with Gasteiger partial charge in [-0.25, -0.2) is 4.79 Å². The summed E-state index contributed by atoms with van der Waals surface area (Å²) in [6.07, 6.45) is -0.253. The van der Waals surface area contributed by atoms with E-state index in [0.29, 0.717) is 0 Å². The summed E-state index contributed by atoms with van der Waals surface area (Å²) in [7, 11) is -7.62. The van der Waals surface area contributed by atoms with Crippen LogP contribution in [-0.4, -0.2) is 57.7 Å². The highest BCUT2D eigenvalue weighted by atomic mass is 32.2. The van der Waals surface area contributed by atoms with E-state index in [4.69, 9.17) is 8.92 Å². The number of ether oxygens (including phenoxy) is 1. The van der Waals surface area contributed by atoms with Gasteiger partial charge in [-0.3, -0.25) is 22.7 Å². The quantitative estimate of drug-likeness (QED) is 0.557. The summed E-state index contributed by atoms with van der Waals surface area (Å²) in [4.78, 5) is 24.9. The molecule has 1 aliphatic rings. The Hall–Kier alpha value is -1.54. The Morgan fingerprint density at radius 3 is 2.46 bits per heavy atom. The molecule has 0 unspecified atom stereocenters.